The fourth-order valence-corrected chi connectivity index (χ4v) is 3.37. The normalized spacial score (nSPS) is 15.4. The molecular formula is C17H19N7O2. The molecule has 1 saturated heterocycles. The highest BCUT2D eigenvalue weighted by atomic mass is 16.3. The van der Waals surface area contributed by atoms with E-state index in [1.54, 1.807) is 22.8 Å². The molecule has 26 heavy (non-hydrogen) atoms. The summed E-state index contributed by atoms with van der Waals surface area (Å²) in [6.07, 6.45) is 1.63. The standard InChI is InChI=1S/C17H19N7O2/c18-14(19)12-13-16(23-15(21-12)9-2-1-3-11(25)8-9)24(17(26)22-13)10-4-6-20-7-5-10/h1-3,8,10,20,25H,4-7H2,(H3,18,19)(H,22,26). The van der Waals surface area contributed by atoms with E-state index in [1.807, 2.05) is 0 Å². The fraction of sp³-hybridized carbons (Fsp3) is 0.294. The van der Waals surface area contributed by atoms with Crippen LogP contribution in [0, 0.1) is 5.41 Å². The zero-order valence-corrected chi connectivity index (χ0v) is 14.0. The number of aromatic nitrogens is 4. The Bertz CT molecular complexity index is 1050. The van der Waals surface area contributed by atoms with Crippen molar-refractivity contribution in [1.82, 2.24) is 24.8 Å². The van der Waals surface area contributed by atoms with E-state index < -0.39 is 0 Å². The smallest absolute Gasteiger partial charge is 0.327 e. The predicted molar refractivity (Wildman–Crippen MR) is 97.4 cm³/mol. The molecule has 0 radical (unpaired) electrons. The maximum Gasteiger partial charge on any atom is 0.327 e. The van der Waals surface area contributed by atoms with Gasteiger partial charge in [0.05, 0.1) is 0 Å². The largest absolute Gasteiger partial charge is 0.508 e. The van der Waals surface area contributed by atoms with Gasteiger partial charge in [-0.2, -0.15) is 0 Å². The number of amidine groups is 1. The molecule has 0 saturated carbocycles. The first-order valence-corrected chi connectivity index (χ1v) is 8.41. The molecule has 9 nitrogen and oxygen atoms in total. The first-order chi connectivity index (χ1) is 12.5. The summed E-state index contributed by atoms with van der Waals surface area (Å²) < 4.78 is 1.64. The van der Waals surface area contributed by atoms with E-state index in [1.165, 1.54) is 6.07 Å². The summed E-state index contributed by atoms with van der Waals surface area (Å²) in [5.74, 6) is 0.137. The molecular weight excluding hydrogens is 334 g/mol. The predicted octanol–water partition coefficient (Wildman–Crippen LogP) is 0.701. The van der Waals surface area contributed by atoms with Gasteiger partial charge in [-0.1, -0.05) is 12.1 Å². The van der Waals surface area contributed by atoms with Gasteiger partial charge in [-0.05, 0) is 38.1 Å². The summed E-state index contributed by atoms with van der Waals surface area (Å²) in [5, 5.41) is 20.9. The molecule has 3 aromatic rings. The molecule has 1 aromatic carbocycles. The fourth-order valence-electron chi connectivity index (χ4n) is 3.37. The topological polar surface area (TPSA) is 146 Å². The second-order valence-electron chi connectivity index (χ2n) is 6.34. The van der Waals surface area contributed by atoms with Crippen LogP contribution < -0.4 is 16.7 Å². The molecule has 6 N–H and O–H groups in total. The molecule has 2 aromatic heterocycles. The Morgan fingerprint density at radius 3 is 2.77 bits per heavy atom. The van der Waals surface area contributed by atoms with Gasteiger partial charge in [-0.3, -0.25) is 9.98 Å². The quantitative estimate of drug-likeness (QED) is 0.346. The summed E-state index contributed by atoms with van der Waals surface area (Å²) >= 11 is 0. The van der Waals surface area contributed by atoms with Crippen molar-refractivity contribution in [1.29, 1.82) is 5.41 Å². The molecule has 1 aliphatic rings. The second kappa shape index (κ2) is 6.26. The summed E-state index contributed by atoms with van der Waals surface area (Å²) in [5.41, 5.74) is 6.97. The summed E-state index contributed by atoms with van der Waals surface area (Å²) in [6, 6.07) is 6.54. The van der Waals surface area contributed by atoms with E-state index in [4.69, 9.17) is 11.1 Å². The number of imidazole rings is 1. The van der Waals surface area contributed by atoms with Crippen LogP contribution in [-0.4, -0.2) is 43.6 Å². The highest BCUT2D eigenvalue weighted by Crippen LogP contribution is 2.26. The van der Waals surface area contributed by atoms with Gasteiger partial charge in [0.2, 0.25) is 0 Å². The van der Waals surface area contributed by atoms with Crippen LogP contribution in [0.2, 0.25) is 0 Å². The first kappa shape index (κ1) is 16.3. The third kappa shape index (κ3) is 2.72. The number of phenolic OH excluding ortho intramolecular Hbond substituents is 1. The minimum absolute atomic E-state index is 0.0178. The van der Waals surface area contributed by atoms with Crippen molar-refractivity contribution in [3.63, 3.8) is 0 Å². The first-order valence-electron chi connectivity index (χ1n) is 8.41. The van der Waals surface area contributed by atoms with Gasteiger partial charge >= 0.3 is 5.69 Å². The van der Waals surface area contributed by atoms with Crippen LogP contribution in [0.25, 0.3) is 22.6 Å². The van der Waals surface area contributed by atoms with Gasteiger partial charge in [0.1, 0.15) is 22.8 Å². The van der Waals surface area contributed by atoms with Crippen LogP contribution in [0.15, 0.2) is 29.1 Å². The van der Waals surface area contributed by atoms with E-state index in [9.17, 15) is 9.90 Å². The molecule has 0 bridgehead atoms. The number of piperidine rings is 1. The molecule has 1 aliphatic heterocycles. The summed E-state index contributed by atoms with van der Waals surface area (Å²) in [6.45, 7) is 1.65. The highest BCUT2D eigenvalue weighted by molar-refractivity contribution is 6.03. The van der Waals surface area contributed by atoms with Crippen molar-refractivity contribution in [2.75, 3.05) is 13.1 Å². The Morgan fingerprint density at radius 2 is 2.08 bits per heavy atom. The van der Waals surface area contributed by atoms with E-state index in [2.05, 4.69) is 20.3 Å². The molecule has 134 valence electrons. The number of hydrogen-bond donors (Lipinski definition) is 5. The summed E-state index contributed by atoms with van der Waals surface area (Å²) in [7, 11) is 0. The van der Waals surface area contributed by atoms with Gasteiger partial charge < -0.3 is 21.1 Å². The van der Waals surface area contributed by atoms with Gasteiger partial charge in [-0.25, -0.2) is 14.8 Å². The number of nitrogens with one attached hydrogen (secondary N) is 3. The number of phenols is 1. The number of aromatic hydroxyl groups is 1. The third-order valence-corrected chi connectivity index (χ3v) is 4.60. The lowest BCUT2D eigenvalue weighted by Crippen LogP contribution is -2.33. The highest BCUT2D eigenvalue weighted by Gasteiger charge is 2.24. The molecule has 0 spiro atoms. The molecule has 1 fully saturated rings. The van der Waals surface area contributed by atoms with Gasteiger partial charge in [0, 0.05) is 11.6 Å². The Kier molecular flexibility index (Phi) is 3.92. The van der Waals surface area contributed by atoms with Gasteiger partial charge in [0.25, 0.3) is 0 Å². The maximum atomic E-state index is 12.6. The Morgan fingerprint density at radius 1 is 1.31 bits per heavy atom. The summed E-state index contributed by atoms with van der Waals surface area (Å²) in [4.78, 5) is 24.2. The van der Waals surface area contributed by atoms with E-state index in [0.717, 1.165) is 25.9 Å². The minimum Gasteiger partial charge on any atom is -0.508 e. The number of benzene rings is 1. The number of aromatic amines is 1. The van der Waals surface area contributed by atoms with Crippen LogP contribution in [-0.2, 0) is 0 Å². The molecule has 3 heterocycles. The van der Waals surface area contributed by atoms with E-state index >= 15 is 0 Å². The average molecular weight is 353 g/mol. The number of nitrogens with two attached hydrogens (primary N) is 1. The zero-order chi connectivity index (χ0) is 18.3. The SMILES string of the molecule is N=C(N)c1nc(-c2cccc(O)c2)nc2c1[nH]c(=O)n2C1CCNCC1. The molecule has 0 unspecified atom stereocenters. The lowest BCUT2D eigenvalue weighted by atomic mass is 10.1. The van der Waals surface area contributed by atoms with E-state index in [-0.39, 0.29) is 29.0 Å². The van der Waals surface area contributed by atoms with Crippen LogP contribution in [0.5, 0.6) is 5.75 Å². The van der Waals surface area contributed by atoms with Crippen LogP contribution in [0.3, 0.4) is 0 Å². The minimum atomic E-state index is -0.281. The Hall–Kier alpha value is -3.20. The van der Waals surface area contributed by atoms with Crippen LogP contribution >= 0.6 is 0 Å². The zero-order valence-electron chi connectivity index (χ0n) is 14.0. The maximum absolute atomic E-state index is 12.6. The van der Waals surface area contributed by atoms with E-state index in [0.29, 0.717) is 22.6 Å². The Labute approximate surface area is 148 Å². The molecule has 0 atom stereocenters. The third-order valence-electron chi connectivity index (χ3n) is 4.60. The lowest BCUT2D eigenvalue weighted by Gasteiger charge is -2.23. The average Bonchev–Trinajstić information content (AvgIpc) is 2.97. The van der Waals surface area contributed by atoms with Crippen molar-refractivity contribution in [3.8, 4) is 17.1 Å². The number of nitrogens with zero attached hydrogens (tertiary/aromatic N) is 3. The van der Waals surface area contributed by atoms with Crippen molar-refractivity contribution in [2.45, 2.75) is 18.9 Å². The van der Waals surface area contributed by atoms with Crippen LogP contribution in [0.4, 0.5) is 0 Å². The number of hydrogen-bond acceptors (Lipinski definition) is 6. The number of H-pyrrole nitrogens is 1. The Balaban J connectivity index is 1.98. The van der Waals surface area contributed by atoms with Crippen molar-refractivity contribution in [2.24, 2.45) is 5.73 Å². The molecule has 4 rings (SSSR count). The lowest BCUT2D eigenvalue weighted by molar-refractivity contribution is 0.367. The molecule has 0 aliphatic carbocycles. The number of fused-ring (bicyclic) bond motifs is 1. The number of nitrogen functional groups attached to an aromatic ring is 1. The van der Waals surface area contributed by atoms with Crippen molar-refractivity contribution >= 4 is 17.0 Å². The van der Waals surface area contributed by atoms with Crippen LogP contribution in [0.1, 0.15) is 24.6 Å². The second-order valence-corrected chi connectivity index (χ2v) is 6.34. The van der Waals surface area contributed by atoms with Gasteiger partial charge in [0.15, 0.2) is 11.5 Å². The van der Waals surface area contributed by atoms with Gasteiger partial charge in [-0.15, -0.1) is 0 Å². The number of rotatable bonds is 3. The van der Waals surface area contributed by atoms with Crippen molar-refractivity contribution < 1.29 is 5.11 Å². The molecule has 9 heteroatoms. The monoisotopic (exact) mass is 353 g/mol. The van der Waals surface area contributed by atoms with Crippen molar-refractivity contribution in [3.05, 3.63) is 40.4 Å². The molecule has 0 amide bonds.